The lowest BCUT2D eigenvalue weighted by Crippen LogP contribution is -2.55. The summed E-state index contributed by atoms with van der Waals surface area (Å²) in [5.74, 6) is 1.43. The number of carbonyl (C=O) groups is 1. The average Bonchev–Trinajstić information content (AvgIpc) is 2.95. The highest BCUT2D eigenvalue weighted by Gasteiger charge is 2.35. The maximum Gasteiger partial charge on any atom is 0.240 e. The van der Waals surface area contributed by atoms with E-state index in [9.17, 15) is 4.79 Å². The van der Waals surface area contributed by atoms with Crippen molar-refractivity contribution in [2.24, 2.45) is 5.73 Å². The molecule has 3 rings (SSSR count). The predicted molar refractivity (Wildman–Crippen MR) is 86.4 cm³/mol. The van der Waals surface area contributed by atoms with Gasteiger partial charge in [0.25, 0.3) is 0 Å². The fraction of sp³-hybridized carbons (Fsp3) is 0.562. The monoisotopic (exact) mass is 326 g/mol. The highest BCUT2D eigenvalue weighted by atomic mass is 35.5. The van der Waals surface area contributed by atoms with Crippen molar-refractivity contribution in [1.29, 1.82) is 0 Å². The quantitative estimate of drug-likeness (QED) is 0.895. The van der Waals surface area contributed by atoms with E-state index in [2.05, 4.69) is 5.32 Å². The van der Waals surface area contributed by atoms with Crippen molar-refractivity contribution in [3.05, 3.63) is 23.8 Å². The van der Waals surface area contributed by atoms with Crippen molar-refractivity contribution >= 4 is 18.3 Å². The molecule has 1 aliphatic heterocycles. The van der Waals surface area contributed by atoms with Crippen LogP contribution in [0.5, 0.6) is 11.5 Å². The van der Waals surface area contributed by atoms with Gasteiger partial charge in [0.1, 0.15) is 0 Å². The van der Waals surface area contributed by atoms with Crippen LogP contribution in [0, 0.1) is 0 Å². The summed E-state index contributed by atoms with van der Waals surface area (Å²) in [6, 6.07) is 5.63. The van der Waals surface area contributed by atoms with Crippen molar-refractivity contribution < 1.29 is 14.3 Å². The van der Waals surface area contributed by atoms with E-state index in [1.807, 2.05) is 25.1 Å². The van der Waals surface area contributed by atoms with Crippen molar-refractivity contribution in [1.82, 2.24) is 5.32 Å². The zero-order valence-corrected chi connectivity index (χ0v) is 13.6. The summed E-state index contributed by atoms with van der Waals surface area (Å²) in [6.45, 7) is 2.22. The highest BCUT2D eigenvalue weighted by Crippen LogP contribution is 2.34. The first-order valence-electron chi connectivity index (χ1n) is 7.58. The van der Waals surface area contributed by atoms with Gasteiger partial charge in [-0.15, -0.1) is 12.4 Å². The van der Waals surface area contributed by atoms with Gasteiger partial charge in [0.2, 0.25) is 12.7 Å². The summed E-state index contributed by atoms with van der Waals surface area (Å²) in [6.07, 6.45) is 4.77. The Balaban J connectivity index is 0.00000176. The molecular formula is C16H23ClN2O3. The number of rotatable bonds is 3. The minimum absolute atomic E-state index is 0. The third-order valence-electron chi connectivity index (χ3n) is 4.44. The molecule has 1 aromatic rings. The van der Waals surface area contributed by atoms with Crippen LogP contribution in [0.25, 0.3) is 0 Å². The molecule has 22 heavy (non-hydrogen) atoms. The van der Waals surface area contributed by atoms with Gasteiger partial charge in [-0.2, -0.15) is 0 Å². The Hall–Kier alpha value is -1.46. The number of fused-ring (bicyclic) bond motifs is 1. The Bertz CT molecular complexity index is 544. The van der Waals surface area contributed by atoms with Gasteiger partial charge in [0.05, 0.1) is 11.6 Å². The second kappa shape index (κ2) is 6.75. The molecule has 0 radical (unpaired) electrons. The van der Waals surface area contributed by atoms with E-state index in [-0.39, 0.29) is 31.1 Å². The van der Waals surface area contributed by atoms with E-state index in [0.29, 0.717) is 0 Å². The molecule has 122 valence electrons. The van der Waals surface area contributed by atoms with Gasteiger partial charge in [-0.05, 0) is 37.5 Å². The van der Waals surface area contributed by atoms with Crippen molar-refractivity contribution in [2.45, 2.75) is 50.6 Å². The smallest absolute Gasteiger partial charge is 0.240 e. The first-order chi connectivity index (χ1) is 10.1. The van der Waals surface area contributed by atoms with Crippen LogP contribution in [0.4, 0.5) is 0 Å². The maximum absolute atomic E-state index is 12.4. The van der Waals surface area contributed by atoms with E-state index in [4.69, 9.17) is 15.2 Å². The van der Waals surface area contributed by atoms with Crippen LogP contribution in [0.1, 0.15) is 50.6 Å². The number of nitrogens with one attached hydrogen (secondary N) is 1. The Morgan fingerprint density at radius 2 is 1.91 bits per heavy atom. The van der Waals surface area contributed by atoms with Gasteiger partial charge < -0.3 is 20.5 Å². The zero-order valence-electron chi connectivity index (χ0n) is 12.8. The Kier molecular flexibility index (Phi) is 5.19. The molecule has 1 heterocycles. The van der Waals surface area contributed by atoms with Crippen LogP contribution in [0.3, 0.4) is 0 Å². The largest absolute Gasteiger partial charge is 0.454 e. The van der Waals surface area contributed by atoms with Gasteiger partial charge in [-0.3, -0.25) is 4.79 Å². The Morgan fingerprint density at radius 1 is 1.23 bits per heavy atom. The van der Waals surface area contributed by atoms with Crippen LogP contribution in [0.2, 0.25) is 0 Å². The van der Waals surface area contributed by atoms with E-state index in [1.165, 1.54) is 6.42 Å². The number of hydrogen-bond donors (Lipinski definition) is 2. The molecule has 0 bridgehead atoms. The molecule has 6 heteroatoms. The summed E-state index contributed by atoms with van der Waals surface area (Å²) in [4.78, 5) is 12.4. The van der Waals surface area contributed by atoms with Gasteiger partial charge >= 0.3 is 0 Å². The van der Waals surface area contributed by atoms with Crippen molar-refractivity contribution in [3.63, 3.8) is 0 Å². The number of nitrogens with two attached hydrogens (primary N) is 1. The first-order valence-corrected chi connectivity index (χ1v) is 7.58. The summed E-state index contributed by atoms with van der Waals surface area (Å²) in [5.41, 5.74) is 6.55. The standard InChI is InChI=1S/C16H22N2O3.ClH/c1-11(12-5-6-13-14(9-12)21-10-20-13)18-15(19)16(17)7-3-2-4-8-16;/h5-6,9,11H,2-4,7-8,10,17H2,1H3,(H,18,19);1H. The van der Waals surface area contributed by atoms with Gasteiger partial charge in [-0.1, -0.05) is 25.3 Å². The molecule has 1 amide bonds. The lowest BCUT2D eigenvalue weighted by atomic mass is 9.81. The minimum Gasteiger partial charge on any atom is -0.454 e. The molecule has 1 unspecified atom stereocenters. The molecule has 1 aliphatic carbocycles. The topological polar surface area (TPSA) is 73.6 Å². The van der Waals surface area contributed by atoms with E-state index < -0.39 is 5.54 Å². The summed E-state index contributed by atoms with van der Waals surface area (Å²) < 4.78 is 10.7. The van der Waals surface area contributed by atoms with E-state index in [1.54, 1.807) is 0 Å². The maximum atomic E-state index is 12.4. The van der Waals surface area contributed by atoms with Crippen LogP contribution in [0.15, 0.2) is 18.2 Å². The number of hydrogen-bond acceptors (Lipinski definition) is 4. The van der Waals surface area contributed by atoms with Gasteiger partial charge in [-0.25, -0.2) is 0 Å². The molecule has 5 nitrogen and oxygen atoms in total. The second-order valence-electron chi connectivity index (χ2n) is 6.02. The van der Waals surface area contributed by atoms with Crippen LogP contribution >= 0.6 is 12.4 Å². The second-order valence-corrected chi connectivity index (χ2v) is 6.02. The van der Waals surface area contributed by atoms with E-state index in [0.717, 1.165) is 42.7 Å². The molecule has 1 atom stereocenters. The molecule has 1 aromatic carbocycles. The van der Waals surface area contributed by atoms with Gasteiger partial charge in [0.15, 0.2) is 11.5 Å². The number of carbonyl (C=O) groups excluding carboxylic acids is 1. The molecule has 1 fully saturated rings. The highest BCUT2D eigenvalue weighted by molar-refractivity contribution is 5.86. The molecule has 0 saturated heterocycles. The normalized spacial score (nSPS) is 19.9. The zero-order chi connectivity index (χ0) is 14.9. The van der Waals surface area contributed by atoms with Crippen LogP contribution in [-0.2, 0) is 4.79 Å². The molecular weight excluding hydrogens is 304 g/mol. The number of amides is 1. The average molecular weight is 327 g/mol. The third-order valence-corrected chi connectivity index (χ3v) is 4.44. The van der Waals surface area contributed by atoms with E-state index >= 15 is 0 Å². The molecule has 3 N–H and O–H groups in total. The van der Waals surface area contributed by atoms with Crippen LogP contribution < -0.4 is 20.5 Å². The Morgan fingerprint density at radius 3 is 2.64 bits per heavy atom. The molecule has 2 aliphatic rings. The first kappa shape index (κ1) is 16.9. The fourth-order valence-corrected chi connectivity index (χ4v) is 3.02. The SMILES string of the molecule is CC(NC(=O)C1(N)CCCCC1)c1ccc2c(c1)OCO2.Cl. The molecule has 0 aromatic heterocycles. The van der Waals surface area contributed by atoms with Crippen molar-refractivity contribution in [3.8, 4) is 11.5 Å². The lowest BCUT2D eigenvalue weighted by molar-refractivity contribution is -0.128. The number of ether oxygens (including phenoxy) is 2. The summed E-state index contributed by atoms with van der Waals surface area (Å²) >= 11 is 0. The van der Waals surface area contributed by atoms with Gasteiger partial charge in [0, 0.05) is 0 Å². The molecule has 0 spiro atoms. The van der Waals surface area contributed by atoms with Crippen molar-refractivity contribution in [2.75, 3.05) is 6.79 Å². The lowest BCUT2D eigenvalue weighted by Gasteiger charge is -2.33. The summed E-state index contributed by atoms with van der Waals surface area (Å²) in [5, 5.41) is 3.04. The third kappa shape index (κ3) is 3.31. The minimum atomic E-state index is -0.706. The number of benzene rings is 1. The Labute approximate surface area is 137 Å². The van der Waals surface area contributed by atoms with Crippen LogP contribution in [-0.4, -0.2) is 18.2 Å². The predicted octanol–water partition coefficient (Wildman–Crippen LogP) is 2.68. The molecule has 1 saturated carbocycles. The summed E-state index contributed by atoms with van der Waals surface area (Å²) in [7, 11) is 0. The number of halogens is 1. The fourth-order valence-electron chi connectivity index (χ4n) is 3.02.